The summed E-state index contributed by atoms with van der Waals surface area (Å²) < 4.78 is 10.5. The molecule has 4 heteroatoms. The van der Waals surface area contributed by atoms with E-state index in [-0.39, 0.29) is 12.7 Å². The van der Waals surface area contributed by atoms with Crippen LogP contribution >= 0.6 is 0 Å². The number of hydrogen-bond acceptors (Lipinski definition) is 3. The van der Waals surface area contributed by atoms with Crippen LogP contribution in [-0.4, -0.2) is 12.7 Å². The topological polar surface area (TPSA) is 47.6 Å². The van der Waals surface area contributed by atoms with Gasteiger partial charge in [-0.25, -0.2) is 0 Å². The zero-order chi connectivity index (χ0) is 14.7. The maximum absolute atomic E-state index is 12.2. The van der Waals surface area contributed by atoms with E-state index in [1.165, 1.54) is 0 Å². The van der Waals surface area contributed by atoms with Crippen molar-refractivity contribution in [2.75, 3.05) is 12.1 Å². The molecule has 0 saturated heterocycles. The molecule has 1 heterocycles. The molecule has 0 fully saturated rings. The highest BCUT2D eigenvalue weighted by molar-refractivity contribution is 6.06. The van der Waals surface area contributed by atoms with Crippen molar-refractivity contribution in [1.82, 2.24) is 0 Å². The molecular weight excluding hydrogens is 266 g/mol. The lowest BCUT2D eigenvalue weighted by Gasteiger charge is -2.06. The van der Waals surface area contributed by atoms with Gasteiger partial charge in [-0.3, -0.25) is 4.79 Å². The summed E-state index contributed by atoms with van der Waals surface area (Å²) in [4.78, 5) is 12.2. The Morgan fingerprint density at radius 2 is 1.86 bits per heavy atom. The Hall–Kier alpha value is -2.75. The lowest BCUT2D eigenvalue weighted by atomic mass is 10.1. The molecule has 0 unspecified atom stereocenters. The third-order valence-electron chi connectivity index (χ3n) is 3.17. The van der Waals surface area contributed by atoms with Crippen molar-refractivity contribution < 1.29 is 14.3 Å². The average Bonchev–Trinajstić information content (AvgIpc) is 2.95. The summed E-state index contributed by atoms with van der Waals surface area (Å²) >= 11 is 0. The van der Waals surface area contributed by atoms with Gasteiger partial charge in [0.05, 0.1) is 0 Å². The van der Waals surface area contributed by atoms with Crippen molar-refractivity contribution in [3.8, 4) is 11.5 Å². The SMILES string of the molecule is CC(=Cc1ccccc1)C(=O)Nc1ccc2c(c1)OCO2. The maximum Gasteiger partial charge on any atom is 0.251 e. The highest BCUT2D eigenvalue weighted by Gasteiger charge is 2.14. The number of amides is 1. The van der Waals surface area contributed by atoms with E-state index in [0.29, 0.717) is 22.8 Å². The Morgan fingerprint density at radius 1 is 1.10 bits per heavy atom. The molecule has 3 rings (SSSR count). The standard InChI is InChI=1S/C17H15NO3/c1-12(9-13-5-3-2-4-6-13)17(19)18-14-7-8-15-16(10-14)21-11-20-15/h2-10H,11H2,1H3,(H,18,19). The zero-order valence-corrected chi connectivity index (χ0v) is 11.6. The van der Waals surface area contributed by atoms with E-state index < -0.39 is 0 Å². The number of carbonyl (C=O) groups is 1. The van der Waals surface area contributed by atoms with Crippen molar-refractivity contribution in [2.24, 2.45) is 0 Å². The fraction of sp³-hybridized carbons (Fsp3) is 0.118. The van der Waals surface area contributed by atoms with Crippen LogP contribution in [0.2, 0.25) is 0 Å². The van der Waals surface area contributed by atoms with Crippen LogP contribution in [0.5, 0.6) is 11.5 Å². The molecule has 2 aromatic rings. The lowest BCUT2D eigenvalue weighted by Crippen LogP contribution is -2.12. The number of carbonyl (C=O) groups excluding carboxylic acids is 1. The van der Waals surface area contributed by atoms with Crippen molar-refractivity contribution >= 4 is 17.7 Å². The number of rotatable bonds is 3. The fourth-order valence-corrected chi connectivity index (χ4v) is 2.07. The van der Waals surface area contributed by atoms with Crippen LogP contribution in [0.4, 0.5) is 5.69 Å². The number of nitrogens with one attached hydrogen (secondary N) is 1. The molecule has 2 aromatic carbocycles. The summed E-state index contributed by atoms with van der Waals surface area (Å²) in [5, 5.41) is 2.85. The molecule has 0 aromatic heterocycles. The minimum absolute atomic E-state index is 0.141. The Balaban J connectivity index is 1.73. The molecule has 4 nitrogen and oxygen atoms in total. The molecule has 0 radical (unpaired) electrons. The Bertz CT molecular complexity index is 692. The second-order valence-electron chi connectivity index (χ2n) is 4.76. The van der Waals surface area contributed by atoms with Crippen LogP contribution in [0.1, 0.15) is 12.5 Å². The van der Waals surface area contributed by atoms with Gasteiger partial charge in [-0.05, 0) is 30.7 Å². The Morgan fingerprint density at radius 3 is 2.67 bits per heavy atom. The van der Waals surface area contributed by atoms with Crippen LogP contribution in [0.15, 0.2) is 54.1 Å². The van der Waals surface area contributed by atoms with E-state index >= 15 is 0 Å². The first-order valence-corrected chi connectivity index (χ1v) is 6.67. The van der Waals surface area contributed by atoms with E-state index in [1.807, 2.05) is 36.4 Å². The second-order valence-corrected chi connectivity index (χ2v) is 4.76. The first-order chi connectivity index (χ1) is 10.2. The van der Waals surface area contributed by atoms with Gasteiger partial charge >= 0.3 is 0 Å². The highest BCUT2D eigenvalue weighted by atomic mass is 16.7. The third kappa shape index (κ3) is 3.05. The summed E-state index contributed by atoms with van der Waals surface area (Å²) in [6.45, 7) is 2.01. The summed E-state index contributed by atoms with van der Waals surface area (Å²) in [5.74, 6) is 1.21. The predicted octanol–water partition coefficient (Wildman–Crippen LogP) is 3.46. The number of benzene rings is 2. The Labute approximate surface area is 123 Å². The van der Waals surface area contributed by atoms with Crippen molar-refractivity contribution in [3.63, 3.8) is 0 Å². The third-order valence-corrected chi connectivity index (χ3v) is 3.17. The molecule has 0 bridgehead atoms. The summed E-state index contributed by atoms with van der Waals surface area (Å²) in [6, 6.07) is 15.1. The van der Waals surface area contributed by atoms with Gasteiger partial charge in [0.15, 0.2) is 11.5 Å². The summed E-state index contributed by atoms with van der Waals surface area (Å²) in [6.07, 6.45) is 1.85. The number of hydrogen-bond donors (Lipinski definition) is 1. The van der Waals surface area contributed by atoms with Gasteiger partial charge in [0, 0.05) is 17.3 Å². The van der Waals surface area contributed by atoms with Gasteiger partial charge in [-0.15, -0.1) is 0 Å². The van der Waals surface area contributed by atoms with Gasteiger partial charge < -0.3 is 14.8 Å². The molecule has 1 amide bonds. The molecule has 0 aliphatic carbocycles. The first kappa shape index (κ1) is 13.2. The van der Waals surface area contributed by atoms with Gasteiger partial charge in [-0.2, -0.15) is 0 Å². The number of fused-ring (bicyclic) bond motifs is 1. The van der Waals surface area contributed by atoms with Crippen LogP contribution in [0.3, 0.4) is 0 Å². The highest BCUT2D eigenvalue weighted by Crippen LogP contribution is 2.34. The van der Waals surface area contributed by atoms with Crippen molar-refractivity contribution in [3.05, 3.63) is 59.7 Å². The second kappa shape index (κ2) is 5.71. The molecular formula is C17H15NO3. The minimum atomic E-state index is -0.141. The molecule has 0 saturated carbocycles. The van der Waals surface area contributed by atoms with Crippen LogP contribution in [0, 0.1) is 0 Å². The average molecular weight is 281 g/mol. The summed E-state index contributed by atoms with van der Waals surface area (Å²) in [5.41, 5.74) is 2.32. The Kier molecular flexibility index (Phi) is 3.60. The smallest absolute Gasteiger partial charge is 0.251 e. The van der Waals surface area contributed by atoms with Gasteiger partial charge in [-0.1, -0.05) is 30.3 Å². The van der Waals surface area contributed by atoms with E-state index in [2.05, 4.69) is 5.32 Å². The minimum Gasteiger partial charge on any atom is -0.454 e. The van der Waals surface area contributed by atoms with E-state index in [1.54, 1.807) is 25.1 Å². The van der Waals surface area contributed by atoms with Crippen LogP contribution in [0.25, 0.3) is 6.08 Å². The number of anilines is 1. The zero-order valence-electron chi connectivity index (χ0n) is 11.6. The van der Waals surface area contributed by atoms with Crippen molar-refractivity contribution in [2.45, 2.75) is 6.92 Å². The summed E-state index contributed by atoms with van der Waals surface area (Å²) in [7, 11) is 0. The molecule has 106 valence electrons. The number of ether oxygens (including phenoxy) is 2. The maximum atomic E-state index is 12.2. The molecule has 1 N–H and O–H groups in total. The van der Waals surface area contributed by atoms with Gasteiger partial charge in [0.1, 0.15) is 0 Å². The van der Waals surface area contributed by atoms with Crippen LogP contribution < -0.4 is 14.8 Å². The fourth-order valence-electron chi connectivity index (χ4n) is 2.07. The predicted molar refractivity (Wildman–Crippen MR) is 81.3 cm³/mol. The monoisotopic (exact) mass is 281 g/mol. The molecule has 0 atom stereocenters. The normalized spacial score (nSPS) is 13.1. The van der Waals surface area contributed by atoms with Crippen LogP contribution in [-0.2, 0) is 4.79 Å². The largest absolute Gasteiger partial charge is 0.454 e. The van der Waals surface area contributed by atoms with Gasteiger partial charge in [0.2, 0.25) is 6.79 Å². The molecule has 21 heavy (non-hydrogen) atoms. The molecule has 1 aliphatic heterocycles. The molecule has 1 aliphatic rings. The van der Waals surface area contributed by atoms with E-state index in [0.717, 1.165) is 5.56 Å². The lowest BCUT2D eigenvalue weighted by molar-refractivity contribution is -0.112. The van der Waals surface area contributed by atoms with Crippen molar-refractivity contribution in [1.29, 1.82) is 0 Å². The molecule has 0 spiro atoms. The first-order valence-electron chi connectivity index (χ1n) is 6.67. The quantitative estimate of drug-likeness (QED) is 0.876. The van der Waals surface area contributed by atoms with E-state index in [4.69, 9.17) is 9.47 Å². The van der Waals surface area contributed by atoms with E-state index in [9.17, 15) is 4.79 Å². The van der Waals surface area contributed by atoms with Gasteiger partial charge in [0.25, 0.3) is 5.91 Å².